The molecule has 1 aliphatic carbocycles. The van der Waals surface area contributed by atoms with E-state index in [4.69, 9.17) is 0 Å². The van der Waals surface area contributed by atoms with Gasteiger partial charge in [-0.1, -0.05) is 19.8 Å². The predicted octanol–water partition coefficient (Wildman–Crippen LogP) is 3.09. The minimum absolute atomic E-state index is 0.980. The lowest BCUT2D eigenvalue weighted by Crippen LogP contribution is -2.21. The summed E-state index contributed by atoms with van der Waals surface area (Å²) < 4.78 is 2.29. The van der Waals surface area contributed by atoms with Crippen molar-refractivity contribution in [2.75, 3.05) is 13.6 Å². The zero-order chi connectivity index (χ0) is 8.27. The summed E-state index contributed by atoms with van der Waals surface area (Å²) in [6, 6.07) is 0. The molecule has 0 spiro atoms. The van der Waals surface area contributed by atoms with Crippen molar-refractivity contribution in [1.82, 2.24) is 3.11 Å². The van der Waals surface area contributed by atoms with Crippen molar-refractivity contribution >= 4 is 22.9 Å². The van der Waals surface area contributed by atoms with Gasteiger partial charge in [0.1, 0.15) is 0 Å². The second-order valence-electron chi connectivity index (χ2n) is 3.91. The highest BCUT2D eigenvalue weighted by molar-refractivity contribution is 14.1. The van der Waals surface area contributed by atoms with Gasteiger partial charge in [-0.2, -0.15) is 0 Å². The number of rotatable bonds is 2. The first kappa shape index (κ1) is 9.78. The molecule has 0 atom stereocenters. The molecule has 1 fully saturated rings. The molecule has 0 aliphatic heterocycles. The Morgan fingerprint density at radius 1 is 1.27 bits per heavy atom. The summed E-state index contributed by atoms with van der Waals surface area (Å²) in [5.41, 5.74) is 0. The van der Waals surface area contributed by atoms with E-state index in [1.165, 1.54) is 32.2 Å². The lowest BCUT2D eigenvalue weighted by molar-refractivity contribution is 0.267. The third kappa shape index (κ3) is 3.74. The summed E-state index contributed by atoms with van der Waals surface area (Å²) in [4.78, 5) is 0. The van der Waals surface area contributed by atoms with Gasteiger partial charge in [0.2, 0.25) is 0 Å². The summed E-state index contributed by atoms with van der Waals surface area (Å²) in [6.45, 7) is 3.66. The van der Waals surface area contributed by atoms with Crippen LogP contribution in [0.15, 0.2) is 0 Å². The summed E-state index contributed by atoms with van der Waals surface area (Å²) in [7, 11) is 2.17. The van der Waals surface area contributed by atoms with Crippen LogP contribution in [0, 0.1) is 11.8 Å². The van der Waals surface area contributed by atoms with Crippen LogP contribution >= 0.6 is 22.9 Å². The van der Waals surface area contributed by atoms with E-state index in [1.807, 2.05) is 0 Å². The van der Waals surface area contributed by atoms with Crippen molar-refractivity contribution < 1.29 is 0 Å². The fraction of sp³-hybridized carbons (Fsp3) is 1.00. The first-order valence-electron chi connectivity index (χ1n) is 4.55. The van der Waals surface area contributed by atoms with E-state index in [9.17, 15) is 0 Å². The van der Waals surface area contributed by atoms with Crippen molar-refractivity contribution in [3.05, 3.63) is 0 Å². The molecular formula is C9H18IN. The third-order valence-electron chi connectivity index (χ3n) is 2.65. The molecule has 0 heterocycles. The standard InChI is InChI=1S/C9H18IN/c1-8-3-5-9(6-4-8)7-11(2)10/h8-9H,3-7H2,1-2H3. The monoisotopic (exact) mass is 267 g/mol. The average molecular weight is 267 g/mol. The van der Waals surface area contributed by atoms with Crippen LogP contribution in [0.4, 0.5) is 0 Å². The number of hydrogen-bond acceptors (Lipinski definition) is 1. The van der Waals surface area contributed by atoms with Crippen molar-refractivity contribution in [3.63, 3.8) is 0 Å². The highest BCUT2D eigenvalue weighted by Crippen LogP contribution is 2.28. The molecule has 66 valence electrons. The minimum Gasteiger partial charge on any atom is -0.250 e. The number of nitrogens with zero attached hydrogens (tertiary/aromatic N) is 1. The molecule has 0 aromatic heterocycles. The number of hydrogen-bond donors (Lipinski definition) is 0. The lowest BCUT2D eigenvalue weighted by Gasteiger charge is -2.27. The molecule has 11 heavy (non-hydrogen) atoms. The highest BCUT2D eigenvalue weighted by Gasteiger charge is 2.18. The van der Waals surface area contributed by atoms with Crippen molar-refractivity contribution in [1.29, 1.82) is 0 Å². The molecule has 0 aromatic carbocycles. The maximum absolute atomic E-state index is 2.38. The molecule has 0 aromatic rings. The Morgan fingerprint density at radius 2 is 1.82 bits per heavy atom. The quantitative estimate of drug-likeness (QED) is 0.549. The van der Waals surface area contributed by atoms with Gasteiger partial charge in [-0.25, -0.2) is 0 Å². The van der Waals surface area contributed by atoms with Crippen LogP contribution in [0.3, 0.4) is 0 Å². The van der Waals surface area contributed by atoms with E-state index in [0.717, 1.165) is 11.8 Å². The topological polar surface area (TPSA) is 3.24 Å². The van der Waals surface area contributed by atoms with Gasteiger partial charge >= 0.3 is 0 Å². The minimum atomic E-state index is 0.980. The molecule has 0 amide bonds. The van der Waals surface area contributed by atoms with Crippen LogP contribution in [-0.2, 0) is 0 Å². The van der Waals surface area contributed by atoms with Crippen molar-refractivity contribution in [2.45, 2.75) is 32.6 Å². The fourth-order valence-electron chi connectivity index (χ4n) is 1.87. The van der Waals surface area contributed by atoms with E-state index >= 15 is 0 Å². The maximum atomic E-state index is 2.38. The molecule has 2 heteroatoms. The van der Waals surface area contributed by atoms with Gasteiger partial charge in [-0.3, -0.25) is 3.11 Å². The second kappa shape index (κ2) is 4.65. The maximum Gasteiger partial charge on any atom is 0.0198 e. The molecular weight excluding hydrogens is 249 g/mol. The largest absolute Gasteiger partial charge is 0.250 e. The molecule has 1 saturated carbocycles. The van der Waals surface area contributed by atoms with E-state index < -0.39 is 0 Å². The summed E-state index contributed by atoms with van der Waals surface area (Å²) in [5, 5.41) is 0. The molecule has 0 saturated heterocycles. The molecule has 0 radical (unpaired) electrons. The normalized spacial score (nSPS) is 32.7. The summed E-state index contributed by atoms with van der Waals surface area (Å²) in [5.74, 6) is 1.97. The molecule has 1 rings (SSSR count). The van der Waals surface area contributed by atoms with Crippen LogP contribution in [0.5, 0.6) is 0 Å². The van der Waals surface area contributed by atoms with E-state index in [0.29, 0.717) is 0 Å². The Balaban J connectivity index is 2.17. The predicted molar refractivity (Wildman–Crippen MR) is 57.8 cm³/mol. The molecule has 1 nitrogen and oxygen atoms in total. The lowest BCUT2D eigenvalue weighted by atomic mass is 9.83. The SMILES string of the molecule is CC1CCC(CN(C)I)CC1. The van der Waals surface area contributed by atoms with E-state index in [1.54, 1.807) is 0 Å². The van der Waals surface area contributed by atoms with Gasteiger partial charge in [0.15, 0.2) is 0 Å². The molecule has 0 N–H and O–H groups in total. The van der Waals surface area contributed by atoms with Gasteiger partial charge in [-0.05, 0) is 31.7 Å². The smallest absolute Gasteiger partial charge is 0.0198 e. The van der Waals surface area contributed by atoms with Crippen LogP contribution < -0.4 is 0 Å². The zero-order valence-corrected chi connectivity index (χ0v) is 9.67. The average Bonchev–Trinajstić information content (AvgIpc) is 1.93. The first-order valence-corrected chi connectivity index (χ1v) is 5.52. The van der Waals surface area contributed by atoms with Gasteiger partial charge in [-0.15, -0.1) is 0 Å². The number of halogens is 1. The van der Waals surface area contributed by atoms with Crippen molar-refractivity contribution in [2.24, 2.45) is 11.8 Å². The fourth-order valence-corrected chi connectivity index (χ4v) is 2.42. The van der Waals surface area contributed by atoms with Crippen LogP contribution in [0.1, 0.15) is 32.6 Å². The van der Waals surface area contributed by atoms with Gasteiger partial charge in [0, 0.05) is 29.4 Å². The van der Waals surface area contributed by atoms with E-state index in [-0.39, 0.29) is 0 Å². The van der Waals surface area contributed by atoms with Crippen LogP contribution in [0.2, 0.25) is 0 Å². The Labute approximate surface area is 84.0 Å². The molecule has 0 unspecified atom stereocenters. The molecule has 1 aliphatic rings. The Bertz CT molecular complexity index is 106. The third-order valence-corrected chi connectivity index (χ3v) is 3.04. The molecule has 0 bridgehead atoms. The highest BCUT2D eigenvalue weighted by atomic mass is 127. The Kier molecular flexibility index (Phi) is 4.13. The van der Waals surface area contributed by atoms with Crippen molar-refractivity contribution in [3.8, 4) is 0 Å². The first-order chi connectivity index (χ1) is 5.18. The Morgan fingerprint density at radius 3 is 2.27 bits per heavy atom. The summed E-state index contributed by atoms with van der Waals surface area (Å²) in [6.07, 6.45) is 5.81. The summed E-state index contributed by atoms with van der Waals surface area (Å²) >= 11 is 2.38. The van der Waals surface area contributed by atoms with Crippen LogP contribution in [-0.4, -0.2) is 16.7 Å². The second-order valence-corrected chi connectivity index (χ2v) is 5.56. The van der Waals surface area contributed by atoms with E-state index in [2.05, 4.69) is 39.9 Å². The van der Waals surface area contributed by atoms with Gasteiger partial charge < -0.3 is 0 Å². The zero-order valence-electron chi connectivity index (χ0n) is 7.52. The van der Waals surface area contributed by atoms with Crippen LogP contribution in [0.25, 0.3) is 0 Å². The Hall–Kier alpha value is 0.690. The van der Waals surface area contributed by atoms with Gasteiger partial charge in [0.05, 0.1) is 0 Å². The van der Waals surface area contributed by atoms with Gasteiger partial charge in [0.25, 0.3) is 0 Å².